The van der Waals surface area contributed by atoms with Crippen molar-refractivity contribution in [3.8, 4) is 0 Å². The molecular weight excluding hydrogens is 276 g/mol. The summed E-state index contributed by atoms with van der Waals surface area (Å²) in [5.74, 6) is 0.534. The third-order valence-electron chi connectivity index (χ3n) is 2.37. The minimum atomic E-state index is -0.874. The van der Waals surface area contributed by atoms with E-state index in [1.54, 1.807) is 6.26 Å². The van der Waals surface area contributed by atoms with Gasteiger partial charge in [0.25, 0.3) is 5.69 Å². The number of nitro benzene ring substituents is 1. The van der Waals surface area contributed by atoms with Crippen molar-refractivity contribution in [1.29, 1.82) is 0 Å². The number of non-ortho nitro benzene ring substituents is 1. The van der Waals surface area contributed by atoms with Gasteiger partial charge in [-0.1, -0.05) is 11.6 Å². The van der Waals surface area contributed by atoms with Crippen LogP contribution in [0, 0.1) is 10.1 Å². The highest BCUT2D eigenvalue weighted by Crippen LogP contribution is 2.21. The van der Waals surface area contributed by atoms with E-state index in [2.05, 4.69) is 5.32 Å². The Balaban J connectivity index is 2.69. The van der Waals surface area contributed by atoms with Gasteiger partial charge in [0, 0.05) is 52.6 Å². The first-order valence-electron chi connectivity index (χ1n) is 5.36. The second kappa shape index (κ2) is 6.82. The van der Waals surface area contributed by atoms with Crippen LogP contribution in [0.1, 0.15) is 12.5 Å². The maximum absolute atomic E-state index is 11.0. The van der Waals surface area contributed by atoms with Gasteiger partial charge >= 0.3 is 0 Å². The van der Waals surface area contributed by atoms with Crippen molar-refractivity contribution >= 4 is 28.1 Å². The number of nitro groups is 1. The van der Waals surface area contributed by atoms with Crippen LogP contribution in [0.4, 0.5) is 5.69 Å². The first kappa shape index (κ1) is 15.1. The Bertz CT molecular complexity index is 468. The van der Waals surface area contributed by atoms with Gasteiger partial charge in [-0.15, -0.1) is 0 Å². The lowest BCUT2D eigenvalue weighted by atomic mass is 10.2. The minimum Gasteiger partial charge on any atom is -0.309 e. The van der Waals surface area contributed by atoms with Crippen molar-refractivity contribution in [3.63, 3.8) is 0 Å². The largest absolute Gasteiger partial charge is 0.309 e. The van der Waals surface area contributed by atoms with E-state index in [0.717, 1.165) is 0 Å². The highest BCUT2D eigenvalue weighted by Gasteiger charge is 2.11. The molecule has 1 aromatic rings. The second-order valence-corrected chi connectivity index (χ2v) is 5.94. The minimum absolute atomic E-state index is 0.0166. The average molecular weight is 291 g/mol. The van der Waals surface area contributed by atoms with Crippen molar-refractivity contribution in [2.24, 2.45) is 0 Å². The van der Waals surface area contributed by atoms with Crippen LogP contribution >= 0.6 is 11.6 Å². The highest BCUT2D eigenvalue weighted by molar-refractivity contribution is 7.84. The van der Waals surface area contributed by atoms with E-state index in [1.807, 2.05) is 6.92 Å². The molecule has 2 atom stereocenters. The van der Waals surface area contributed by atoms with E-state index < -0.39 is 15.7 Å². The Morgan fingerprint density at radius 1 is 1.56 bits per heavy atom. The molecule has 1 N–H and O–H groups in total. The van der Waals surface area contributed by atoms with E-state index in [-0.39, 0.29) is 11.7 Å². The number of hydrogen-bond acceptors (Lipinski definition) is 4. The van der Waals surface area contributed by atoms with E-state index in [4.69, 9.17) is 11.6 Å². The fourth-order valence-electron chi connectivity index (χ4n) is 1.51. The maximum Gasteiger partial charge on any atom is 0.269 e. The molecule has 0 radical (unpaired) electrons. The molecule has 0 aliphatic carbocycles. The molecule has 0 aliphatic rings. The third kappa shape index (κ3) is 4.72. The predicted octanol–water partition coefficient (Wildman–Crippen LogP) is 2.10. The SMILES string of the molecule is CC(CS(C)=O)NCc1cc([N+](=O)[O-])ccc1Cl. The average Bonchev–Trinajstić information content (AvgIpc) is 2.26. The van der Waals surface area contributed by atoms with Crippen LogP contribution < -0.4 is 5.32 Å². The van der Waals surface area contributed by atoms with Crippen LogP contribution in [0.2, 0.25) is 5.02 Å². The summed E-state index contributed by atoms with van der Waals surface area (Å²) in [6.07, 6.45) is 1.64. The van der Waals surface area contributed by atoms with E-state index in [1.165, 1.54) is 18.2 Å². The third-order valence-corrected chi connectivity index (χ3v) is 3.70. The standard InChI is InChI=1S/C11H15ClN2O3S/c1-8(7-18(2)17)13-6-9-5-10(14(15)16)3-4-11(9)12/h3-5,8,13H,6-7H2,1-2H3. The predicted molar refractivity (Wildman–Crippen MR) is 73.3 cm³/mol. The van der Waals surface area contributed by atoms with Crippen LogP contribution in [-0.4, -0.2) is 27.2 Å². The topological polar surface area (TPSA) is 72.2 Å². The van der Waals surface area contributed by atoms with E-state index in [9.17, 15) is 14.3 Å². The Morgan fingerprint density at radius 3 is 2.78 bits per heavy atom. The summed E-state index contributed by atoms with van der Waals surface area (Å²) < 4.78 is 11.0. The molecule has 1 rings (SSSR count). The molecule has 0 saturated heterocycles. The molecular formula is C11H15ClN2O3S. The Morgan fingerprint density at radius 2 is 2.22 bits per heavy atom. The fourth-order valence-corrected chi connectivity index (χ4v) is 2.51. The monoisotopic (exact) mass is 290 g/mol. The normalized spacial score (nSPS) is 14.2. The van der Waals surface area contributed by atoms with E-state index >= 15 is 0 Å². The molecule has 0 saturated carbocycles. The zero-order valence-corrected chi connectivity index (χ0v) is 11.8. The number of nitrogens with one attached hydrogen (secondary N) is 1. The molecule has 0 aromatic heterocycles. The van der Waals surface area contributed by atoms with Crippen LogP contribution in [0.25, 0.3) is 0 Å². The summed E-state index contributed by atoms with van der Waals surface area (Å²) >= 11 is 5.97. The molecule has 2 unspecified atom stereocenters. The van der Waals surface area contributed by atoms with Crippen molar-refractivity contribution in [2.75, 3.05) is 12.0 Å². The van der Waals surface area contributed by atoms with Gasteiger partial charge in [0.1, 0.15) is 0 Å². The number of rotatable bonds is 6. The molecule has 1 aromatic carbocycles. The summed E-state index contributed by atoms with van der Waals surface area (Å²) in [5.41, 5.74) is 0.683. The molecule has 0 bridgehead atoms. The number of hydrogen-bond donors (Lipinski definition) is 1. The zero-order chi connectivity index (χ0) is 13.7. The van der Waals surface area contributed by atoms with Crippen molar-refractivity contribution in [2.45, 2.75) is 19.5 Å². The lowest BCUT2D eigenvalue weighted by molar-refractivity contribution is -0.384. The lowest BCUT2D eigenvalue weighted by Gasteiger charge is -2.12. The Labute approximate surface area is 113 Å². The Kier molecular flexibility index (Phi) is 5.71. The molecule has 0 fully saturated rings. The Hall–Kier alpha value is -0.980. The zero-order valence-electron chi connectivity index (χ0n) is 10.2. The van der Waals surface area contributed by atoms with Gasteiger partial charge in [0.2, 0.25) is 0 Å². The van der Waals surface area contributed by atoms with Crippen molar-refractivity contribution in [1.82, 2.24) is 5.32 Å². The van der Waals surface area contributed by atoms with Crippen LogP contribution in [0.5, 0.6) is 0 Å². The highest BCUT2D eigenvalue weighted by atomic mass is 35.5. The summed E-state index contributed by atoms with van der Waals surface area (Å²) in [4.78, 5) is 10.2. The number of benzene rings is 1. The van der Waals surface area contributed by atoms with Crippen LogP contribution in [0.3, 0.4) is 0 Å². The molecule has 18 heavy (non-hydrogen) atoms. The van der Waals surface area contributed by atoms with E-state index in [0.29, 0.717) is 22.9 Å². The van der Waals surface area contributed by atoms with Gasteiger partial charge in [-0.3, -0.25) is 14.3 Å². The van der Waals surface area contributed by atoms with Crippen LogP contribution in [0.15, 0.2) is 18.2 Å². The molecule has 100 valence electrons. The van der Waals surface area contributed by atoms with Crippen molar-refractivity contribution in [3.05, 3.63) is 38.9 Å². The lowest BCUT2D eigenvalue weighted by Crippen LogP contribution is -2.30. The van der Waals surface area contributed by atoms with Gasteiger partial charge in [0.05, 0.1) is 4.92 Å². The van der Waals surface area contributed by atoms with Gasteiger partial charge in [-0.05, 0) is 18.6 Å². The van der Waals surface area contributed by atoms with Crippen LogP contribution in [-0.2, 0) is 17.3 Å². The molecule has 0 spiro atoms. The molecule has 0 amide bonds. The summed E-state index contributed by atoms with van der Waals surface area (Å²) in [5, 5.41) is 14.3. The van der Waals surface area contributed by atoms with Gasteiger partial charge in [-0.25, -0.2) is 0 Å². The fraction of sp³-hybridized carbons (Fsp3) is 0.455. The summed E-state index contributed by atoms with van der Waals surface area (Å²) in [6.45, 7) is 2.32. The van der Waals surface area contributed by atoms with Gasteiger partial charge < -0.3 is 5.32 Å². The van der Waals surface area contributed by atoms with Crippen molar-refractivity contribution < 1.29 is 9.13 Å². The maximum atomic E-state index is 11.0. The molecule has 7 heteroatoms. The molecule has 5 nitrogen and oxygen atoms in total. The van der Waals surface area contributed by atoms with Gasteiger partial charge in [-0.2, -0.15) is 0 Å². The second-order valence-electron chi connectivity index (χ2n) is 4.05. The molecule has 0 heterocycles. The first-order valence-corrected chi connectivity index (χ1v) is 7.47. The number of nitrogens with zero attached hydrogens (tertiary/aromatic N) is 1. The van der Waals surface area contributed by atoms with Gasteiger partial charge in [0.15, 0.2) is 0 Å². The number of halogens is 1. The summed E-state index contributed by atoms with van der Waals surface area (Å²) in [7, 11) is -0.874. The smallest absolute Gasteiger partial charge is 0.269 e. The first-order chi connectivity index (χ1) is 8.40. The quantitative estimate of drug-likeness (QED) is 0.643. The molecule has 0 aliphatic heterocycles. The summed E-state index contributed by atoms with van der Waals surface area (Å²) in [6, 6.07) is 4.40.